The lowest BCUT2D eigenvalue weighted by Gasteiger charge is -2.24. The summed E-state index contributed by atoms with van der Waals surface area (Å²) in [5, 5.41) is 3.29. The fourth-order valence-electron chi connectivity index (χ4n) is 2.61. The van der Waals surface area contributed by atoms with Crippen molar-refractivity contribution < 1.29 is 9.21 Å². The number of amides is 1. The third-order valence-corrected chi connectivity index (χ3v) is 3.75. The second-order valence-electron chi connectivity index (χ2n) is 5.36. The summed E-state index contributed by atoms with van der Waals surface area (Å²) < 4.78 is 5.59. The first-order chi connectivity index (χ1) is 8.74. The van der Waals surface area contributed by atoms with Gasteiger partial charge in [-0.05, 0) is 51.3 Å². The number of nitrogens with one attached hydrogen (secondary N) is 1. The van der Waals surface area contributed by atoms with Gasteiger partial charge in [-0.2, -0.15) is 0 Å². The average molecular weight is 248 g/mol. The number of carbonyl (C=O) groups excluding carboxylic acids is 1. The first-order valence-electron chi connectivity index (χ1n) is 6.83. The molecule has 2 heterocycles. The predicted octanol–water partition coefficient (Wildman–Crippen LogP) is 1.83. The van der Waals surface area contributed by atoms with Gasteiger partial charge in [0.25, 0.3) is 0 Å². The Hall–Kier alpha value is -1.29. The van der Waals surface area contributed by atoms with Crippen LogP contribution >= 0.6 is 0 Å². The monoisotopic (exact) mass is 248 g/mol. The summed E-state index contributed by atoms with van der Waals surface area (Å²) in [5.41, 5.74) is 0. The molecule has 3 rings (SSSR count). The van der Waals surface area contributed by atoms with E-state index < -0.39 is 0 Å². The van der Waals surface area contributed by atoms with Crippen LogP contribution in [-0.2, 0) is 11.3 Å². The summed E-state index contributed by atoms with van der Waals surface area (Å²) in [6, 6.07) is 4.39. The molecular weight excluding hydrogens is 228 g/mol. The Balaban J connectivity index is 1.69. The van der Waals surface area contributed by atoms with Gasteiger partial charge in [0.2, 0.25) is 5.91 Å². The molecule has 1 atom stereocenters. The molecule has 1 N–H and O–H groups in total. The molecule has 1 amide bonds. The van der Waals surface area contributed by atoms with Crippen LogP contribution in [-0.4, -0.2) is 29.4 Å². The zero-order valence-electron chi connectivity index (χ0n) is 10.8. The summed E-state index contributed by atoms with van der Waals surface area (Å²) >= 11 is 0. The average Bonchev–Trinajstić information content (AvgIpc) is 2.89. The summed E-state index contributed by atoms with van der Waals surface area (Å²) in [5.74, 6) is 2.06. The maximum absolute atomic E-state index is 12.5. The van der Waals surface area contributed by atoms with Gasteiger partial charge in [-0.3, -0.25) is 4.79 Å². The minimum Gasteiger partial charge on any atom is -0.464 e. The van der Waals surface area contributed by atoms with E-state index in [1.807, 2.05) is 24.0 Å². The molecule has 4 nitrogen and oxygen atoms in total. The molecule has 0 unspecified atom stereocenters. The topological polar surface area (TPSA) is 45.5 Å². The lowest BCUT2D eigenvalue weighted by atomic mass is 10.2. The van der Waals surface area contributed by atoms with Crippen molar-refractivity contribution in [3.8, 4) is 0 Å². The van der Waals surface area contributed by atoms with Crippen LogP contribution in [0.2, 0.25) is 0 Å². The first kappa shape index (κ1) is 11.8. The van der Waals surface area contributed by atoms with Gasteiger partial charge < -0.3 is 14.6 Å². The molecule has 18 heavy (non-hydrogen) atoms. The van der Waals surface area contributed by atoms with E-state index in [-0.39, 0.29) is 11.9 Å². The predicted molar refractivity (Wildman–Crippen MR) is 68.0 cm³/mol. The van der Waals surface area contributed by atoms with Crippen LogP contribution < -0.4 is 5.32 Å². The number of carbonyl (C=O) groups is 1. The minimum absolute atomic E-state index is 0.0293. The highest BCUT2D eigenvalue weighted by Gasteiger charge is 2.37. The molecule has 4 heteroatoms. The number of hydrogen-bond donors (Lipinski definition) is 1. The summed E-state index contributed by atoms with van der Waals surface area (Å²) in [4.78, 5) is 14.5. The van der Waals surface area contributed by atoms with E-state index >= 15 is 0 Å². The molecule has 0 aromatic carbocycles. The zero-order chi connectivity index (χ0) is 12.5. The van der Waals surface area contributed by atoms with E-state index in [0.717, 1.165) is 43.7 Å². The van der Waals surface area contributed by atoms with E-state index in [4.69, 9.17) is 4.42 Å². The Morgan fingerprint density at radius 3 is 2.83 bits per heavy atom. The van der Waals surface area contributed by atoms with Crippen molar-refractivity contribution in [3.05, 3.63) is 23.7 Å². The van der Waals surface area contributed by atoms with Crippen LogP contribution in [0, 0.1) is 6.92 Å². The molecule has 1 aromatic rings. The Morgan fingerprint density at radius 2 is 2.28 bits per heavy atom. The Morgan fingerprint density at radius 1 is 1.44 bits per heavy atom. The van der Waals surface area contributed by atoms with Gasteiger partial charge in [0.15, 0.2) is 0 Å². The summed E-state index contributed by atoms with van der Waals surface area (Å²) in [6.45, 7) is 3.52. The first-order valence-corrected chi connectivity index (χ1v) is 6.83. The fraction of sp³-hybridized carbons (Fsp3) is 0.643. The maximum atomic E-state index is 12.5. The molecule has 1 aliphatic carbocycles. The molecule has 2 fully saturated rings. The standard InChI is InChI=1S/C14H20N2O2/c1-10-4-7-12(18-10)9-16(11-5-6-11)14(17)13-3-2-8-15-13/h4,7,11,13,15H,2-3,5-6,8-9H2,1H3/t13-/m1/s1. The third kappa shape index (κ3) is 2.43. The summed E-state index contributed by atoms with van der Waals surface area (Å²) in [7, 11) is 0. The highest BCUT2D eigenvalue weighted by atomic mass is 16.3. The van der Waals surface area contributed by atoms with E-state index in [0.29, 0.717) is 12.6 Å². The summed E-state index contributed by atoms with van der Waals surface area (Å²) in [6.07, 6.45) is 4.35. The second-order valence-corrected chi connectivity index (χ2v) is 5.36. The van der Waals surface area contributed by atoms with E-state index in [9.17, 15) is 4.79 Å². The Labute approximate surface area is 107 Å². The van der Waals surface area contributed by atoms with Crippen LogP contribution in [0.4, 0.5) is 0 Å². The highest BCUT2D eigenvalue weighted by Crippen LogP contribution is 2.30. The smallest absolute Gasteiger partial charge is 0.240 e. The maximum Gasteiger partial charge on any atom is 0.240 e. The molecule has 98 valence electrons. The third-order valence-electron chi connectivity index (χ3n) is 3.75. The quantitative estimate of drug-likeness (QED) is 0.884. The normalized spacial score (nSPS) is 23.3. The minimum atomic E-state index is 0.0293. The van der Waals surface area contributed by atoms with Crippen molar-refractivity contribution in [1.29, 1.82) is 0 Å². The zero-order valence-corrected chi connectivity index (χ0v) is 10.8. The molecule has 1 saturated carbocycles. The van der Waals surface area contributed by atoms with Crippen molar-refractivity contribution in [2.75, 3.05) is 6.54 Å². The molecule has 0 spiro atoms. The molecule has 2 aliphatic rings. The van der Waals surface area contributed by atoms with Gasteiger partial charge in [0.1, 0.15) is 11.5 Å². The van der Waals surface area contributed by atoms with Crippen LogP contribution in [0.1, 0.15) is 37.2 Å². The molecule has 0 bridgehead atoms. The fourth-order valence-corrected chi connectivity index (χ4v) is 2.61. The second kappa shape index (κ2) is 4.76. The number of rotatable bonds is 4. The Kier molecular flexibility index (Phi) is 3.12. The number of hydrogen-bond acceptors (Lipinski definition) is 3. The Bertz CT molecular complexity index is 431. The van der Waals surface area contributed by atoms with Gasteiger partial charge in [-0.25, -0.2) is 0 Å². The lowest BCUT2D eigenvalue weighted by molar-refractivity contribution is -0.134. The van der Waals surface area contributed by atoms with Crippen molar-refractivity contribution in [2.24, 2.45) is 0 Å². The number of nitrogens with zero attached hydrogens (tertiary/aromatic N) is 1. The van der Waals surface area contributed by atoms with Crippen molar-refractivity contribution in [3.63, 3.8) is 0 Å². The highest BCUT2D eigenvalue weighted by molar-refractivity contribution is 5.82. The van der Waals surface area contributed by atoms with Gasteiger partial charge in [-0.1, -0.05) is 0 Å². The van der Waals surface area contributed by atoms with Gasteiger partial charge >= 0.3 is 0 Å². The molecule has 1 aromatic heterocycles. The van der Waals surface area contributed by atoms with E-state index in [2.05, 4.69) is 5.32 Å². The van der Waals surface area contributed by atoms with Crippen LogP contribution in [0.15, 0.2) is 16.5 Å². The van der Waals surface area contributed by atoms with Crippen LogP contribution in [0.3, 0.4) is 0 Å². The number of furan rings is 1. The van der Waals surface area contributed by atoms with Crippen molar-refractivity contribution in [2.45, 2.75) is 51.2 Å². The van der Waals surface area contributed by atoms with Gasteiger partial charge in [-0.15, -0.1) is 0 Å². The molecular formula is C14H20N2O2. The molecule has 1 saturated heterocycles. The number of aryl methyl sites for hydroxylation is 1. The van der Waals surface area contributed by atoms with Crippen molar-refractivity contribution in [1.82, 2.24) is 10.2 Å². The van der Waals surface area contributed by atoms with Crippen molar-refractivity contribution >= 4 is 5.91 Å². The van der Waals surface area contributed by atoms with E-state index in [1.54, 1.807) is 0 Å². The molecule has 1 aliphatic heterocycles. The van der Waals surface area contributed by atoms with Crippen LogP contribution in [0.25, 0.3) is 0 Å². The van der Waals surface area contributed by atoms with Gasteiger partial charge in [0, 0.05) is 6.04 Å². The van der Waals surface area contributed by atoms with E-state index in [1.165, 1.54) is 0 Å². The van der Waals surface area contributed by atoms with Crippen LogP contribution in [0.5, 0.6) is 0 Å². The largest absolute Gasteiger partial charge is 0.464 e. The molecule has 0 radical (unpaired) electrons. The lowest BCUT2D eigenvalue weighted by Crippen LogP contribution is -2.44. The van der Waals surface area contributed by atoms with Gasteiger partial charge in [0.05, 0.1) is 12.6 Å². The SMILES string of the molecule is Cc1ccc(CN(C(=O)[C@H]2CCCN2)C2CC2)o1.